The fraction of sp³-hybridized carbons (Fsp3) is 0.377. The number of ether oxygens (including phenoxy) is 1. The number of hydrogen-bond donors (Lipinski definition) is 0. The van der Waals surface area contributed by atoms with Crippen molar-refractivity contribution in [2.75, 3.05) is 9.80 Å². The molecule has 1 aliphatic rings. The predicted molar refractivity (Wildman–Crippen MR) is 279 cm³/mol. The van der Waals surface area contributed by atoms with Crippen LogP contribution in [0.5, 0.6) is 11.5 Å². The Balaban J connectivity index is 0.00000666. The summed E-state index contributed by atoms with van der Waals surface area (Å²) in [5.74, 6) is 2.12. The van der Waals surface area contributed by atoms with Crippen molar-refractivity contribution in [3.63, 3.8) is 0 Å². The smallest absolute Gasteiger partial charge is 0.135 e. The Morgan fingerprint density at radius 3 is 1.73 bits per heavy atom. The average Bonchev–Trinajstić information content (AvgIpc) is 3.83. The van der Waals surface area contributed by atoms with Gasteiger partial charge in [-0.25, -0.2) is 4.98 Å². The second-order valence-electron chi connectivity index (χ2n) is 24.2. The molecule has 8 rings (SSSR count). The molecule has 0 radical (unpaired) electrons. The van der Waals surface area contributed by atoms with Gasteiger partial charge in [-0.1, -0.05) is 183 Å². The van der Waals surface area contributed by atoms with Gasteiger partial charge in [0.15, 0.2) is 0 Å². The van der Waals surface area contributed by atoms with Gasteiger partial charge in [-0.2, -0.15) is 0 Å². The molecular formula is C61H71N4OPt-3. The van der Waals surface area contributed by atoms with Gasteiger partial charge in [0, 0.05) is 61.1 Å². The van der Waals surface area contributed by atoms with Gasteiger partial charge in [-0.3, -0.25) is 0 Å². The number of hydrogen-bond acceptors (Lipinski definition) is 4. The Bertz CT molecular complexity index is 2940. The van der Waals surface area contributed by atoms with Crippen LogP contribution in [0.15, 0.2) is 121 Å². The van der Waals surface area contributed by atoms with Gasteiger partial charge in [-0.05, 0) is 91.2 Å². The van der Waals surface area contributed by atoms with E-state index in [1.54, 1.807) is 0 Å². The molecule has 0 aliphatic carbocycles. The van der Waals surface area contributed by atoms with E-state index in [-0.39, 0.29) is 53.6 Å². The van der Waals surface area contributed by atoms with Crippen LogP contribution in [0.25, 0.3) is 27.6 Å². The molecule has 2 aromatic heterocycles. The van der Waals surface area contributed by atoms with Crippen LogP contribution in [0.3, 0.4) is 0 Å². The maximum atomic E-state index is 7.15. The zero-order chi connectivity index (χ0) is 47.9. The molecule has 0 bridgehead atoms. The molecule has 3 heterocycles. The topological polar surface area (TPSA) is 33.5 Å². The maximum absolute atomic E-state index is 7.15. The van der Waals surface area contributed by atoms with Crippen molar-refractivity contribution in [1.82, 2.24) is 9.55 Å². The summed E-state index contributed by atoms with van der Waals surface area (Å²) in [5, 5.41) is 2.33. The number of nitrogens with zero attached hydrogens (tertiary/aromatic N) is 4. The molecule has 0 amide bonds. The minimum Gasteiger partial charge on any atom is -0.509 e. The molecule has 354 valence electrons. The third-order valence-electron chi connectivity index (χ3n) is 13.3. The van der Waals surface area contributed by atoms with E-state index in [0.29, 0.717) is 11.5 Å². The van der Waals surface area contributed by atoms with E-state index in [1.165, 1.54) is 38.9 Å². The second-order valence-corrected chi connectivity index (χ2v) is 24.2. The van der Waals surface area contributed by atoms with E-state index in [2.05, 4.69) is 260 Å². The molecule has 0 N–H and O–H groups in total. The number of para-hydroxylation sites is 1. The van der Waals surface area contributed by atoms with Crippen LogP contribution < -0.4 is 14.5 Å². The largest absolute Gasteiger partial charge is 0.509 e. The molecule has 0 saturated heterocycles. The molecule has 0 atom stereocenters. The number of allylic oxidation sites excluding steroid dienone is 1. The molecule has 5 aromatic carbocycles. The number of rotatable bonds is 7. The van der Waals surface area contributed by atoms with Crippen molar-refractivity contribution < 1.29 is 25.8 Å². The van der Waals surface area contributed by atoms with E-state index in [0.717, 1.165) is 39.2 Å². The first kappa shape index (κ1) is 49.8. The summed E-state index contributed by atoms with van der Waals surface area (Å²) < 4.78 is 9.41. The van der Waals surface area contributed by atoms with E-state index in [9.17, 15) is 0 Å². The minimum absolute atomic E-state index is 0. The molecule has 0 saturated carbocycles. The molecule has 5 nitrogen and oxygen atoms in total. The quantitative estimate of drug-likeness (QED) is 0.149. The molecule has 0 spiro atoms. The van der Waals surface area contributed by atoms with Crippen LogP contribution in [0.4, 0.5) is 11.4 Å². The Kier molecular flexibility index (Phi) is 13.0. The summed E-state index contributed by atoms with van der Waals surface area (Å²) in [6, 6.07) is 45.1. The predicted octanol–water partition coefficient (Wildman–Crippen LogP) is 16.4. The number of pyridine rings is 1. The number of fused-ring (bicyclic) bond motifs is 3. The Labute approximate surface area is 416 Å². The molecule has 67 heavy (non-hydrogen) atoms. The third-order valence-corrected chi connectivity index (χ3v) is 13.3. The molecule has 6 heteroatoms. The van der Waals surface area contributed by atoms with Crippen molar-refractivity contribution in [3.8, 4) is 17.3 Å². The van der Waals surface area contributed by atoms with Gasteiger partial charge in [0.05, 0.1) is 0 Å². The minimum atomic E-state index is -0.359. The molecular weight excluding hydrogens is 1000 g/mol. The Hall–Kier alpha value is -5.12. The monoisotopic (exact) mass is 1070 g/mol. The summed E-state index contributed by atoms with van der Waals surface area (Å²) in [6.07, 6.45) is 4.21. The first-order valence-corrected chi connectivity index (χ1v) is 23.7. The number of benzene rings is 5. The van der Waals surface area contributed by atoms with Gasteiger partial charge in [0.1, 0.15) is 5.82 Å². The standard InChI is InChI=1S/C61H71N4O.Pt/c1-56(2,3)41-27-28-62-54(34-41)65-51-26-22-21-25-49(51)55-50(59(10,11)12)36-48(37-52(55)65)66-47-33-44(61(16,17)40-23-19-18-20-24-40)32-45(35-47)63-38-53(60(13,14)15)64(39-63)46-30-42(57(4,5)6)29-43(31-46)58(7,8)9;/h18-34,36,38-39H,1-17H3;/q-3;. The Morgan fingerprint density at radius 1 is 0.537 bits per heavy atom. The van der Waals surface area contributed by atoms with E-state index < -0.39 is 0 Å². The van der Waals surface area contributed by atoms with Crippen LogP contribution in [0, 0.1) is 24.2 Å². The van der Waals surface area contributed by atoms with Crippen LogP contribution in [-0.4, -0.2) is 9.55 Å². The van der Waals surface area contributed by atoms with E-state index in [4.69, 9.17) is 9.72 Å². The summed E-state index contributed by atoms with van der Waals surface area (Å²) in [6.45, 7) is 41.1. The second kappa shape index (κ2) is 17.4. The summed E-state index contributed by atoms with van der Waals surface area (Å²) >= 11 is 0. The average molecular weight is 1070 g/mol. The normalized spacial score (nSPS) is 14.2. The van der Waals surface area contributed by atoms with Crippen molar-refractivity contribution >= 4 is 33.2 Å². The number of anilines is 2. The fourth-order valence-electron chi connectivity index (χ4n) is 9.02. The zero-order valence-electron chi connectivity index (χ0n) is 43.1. The SMILES string of the molecule is CC(C)(C)C1=CN(c2[c-]c(Oc3[c-]c4c(c(C(C)(C)C)c3)c3ccccc3n4-c3cc(C(C)(C)C)ccn3)cc(C(C)(C)c3ccccc3)c2)[CH-]N1c1cc(C(C)(C)C)cc(C(C)(C)C)c1.[Pt]. The summed E-state index contributed by atoms with van der Waals surface area (Å²) in [5.41, 5.74) is 11.8. The van der Waals surface area contributed by atoms with Crippen LogP contribution in [0.2, 0.25) is 0 Å². The van der Waals surface area contributed by atoms with Gasteiger partial charge < -0.3 is 19.1 Å². The maximum Gasteiger partial charge on any atom is 0.135 e. The van der Waals surface area contributed by atoms with Crippen molar-refractivity contribution in [2.45, 2.75) is 145 Å². The summed E-state index contributed by atoms with van der Waals surface area (Å²) in [7, 11) is 0. The molecule has 0 fully saturated rings. The van der Waals surface area contributed by atoms with Crippen molar-refractivity contribution in [2.24, 2.45) is 5.41 Å². The van der Waals surface area contributed by atoms with Gasteiger partial charge >= 0.3 is 0 Å². The fourth-order valence-corrected chi connectivity index (χ4v) is 9.02. The van der Waals surface area contributed by atoms with Crippen molar-refractivity contribution in [1.29, 1.82) is 0 Å². The molecule has 0 unspecified atom stereocenters. The van der Waals surface area contributed by atoms with E-state index in [1.807, 2.05) is 6.20 Å². The van der Waals surface area contributed by atoms with Crippen molar-refractivity contribution in [3.05, 3.63) is 173 Å². The third kappa shape index (κ3) is 9.92. The van der Waals surface area contributed by atoms with Crippen LogP contribution >= 0.6 is 0 Å². The summed E-state index contributed by atoms with van der Waals surface area (Å²) in [4.78, 5) is 9.60. The van der Waals surface area contributed by atoms with Gasteiger partial charge in [0.2, 0.25) is 0 Å². The first-order valence-electron chi connectivity index (χ1n) is 23.7. The van der Waals surface area contributed by atoms with Gasteiger partial charge in [0.25, 0.3) is 0 Å². The first-order chi connectivity index (χ1) is 30.6. The van der Waals surface area contributed by atoms with Crippen LogP contribution in [0.1, 0.15) is 151 Å². The van der Waals surface area contributed by atoms with Crippen LogP contribution in [-0.2, 0) is 48.1 Å². The van der Waals surface area contributed by atoms with E-state index >= 15 is 0 Å². The Morgan fingerprint density at radius 2 is 1.13 bits per heavy atom. The zero-order valence-corrected chi connectivity index (χ0v) is 45.3. The number of aromatic nitrogens is 2. The molecule has 7 aromatic rings. The van der Waals surface area contributed by atoms with Gasteiger partial charge in [-0.15, -0.1) is 53.8 Å². The molecule has 1 aliphatic heterocycles.